The Labute approximate surface area is 144 Å². The quantitative estimate of drug-likeness (QED) is 0.348. The van der Waals surface area contributed by atoms with Crippen LogP contribution in [-0.2, 0) is 16.2 Å². The Morgan fingerprint density at radius 1 is 1.00 bits per heavy atom. The first-order chi connectivity index (χ1) is 11.9. The zero-order chi connectivity index (χ0) is 18.4. The van der Waals surface area contributed by atoms with E-state index in [-0.39, 0.29) is 18.0 Å². The summed E-state index contributed by atoms with van der Waals surface area (Å²) in [5.41, 5.74) is 1.61. The molecule has 0 saturated carbocycles. The second-order valence-electron chi connectivity index (χ2n) is 5.24. The number of ether oxygens (including phenoxy) is 1. The number of carboxylic acids is 1. The first-order valence-electron chi connectivity index (χ1n) is 7.38. The molecule has 2 rings (SSSR count). The number of carbonyl (C=O) groups is 3. The molecule has 0 unspecified atom stereocenters. The zero-order valence-corrected chi connectivity index (χ0v) is 13.4. The molecule has 2 N–H and O–H groups in total. The molecule has 0 heterocycles. The zero-order valence-electron chi connectivity index (χ0n) is 13.4. The van der Waals surface area contributed by atoms with Gasteiger partial charge in [-0.25, -0.2) is 4.79 Å². The number of benzene rings is 2. The first kappa shape index (κ1) is 17.9. The highest BCUT2D eigenvalue weighted by molar-refractivity contribution is 6.38. The van der Waals surface area contributed by atoms with Crippen LogP contribution in [0, 0.1) is 0 Å². The van der Waals surface area contributed by atoms with Gasteiger partial charge in [-0.3, -0.25) is 9.59 Å². The molecule has 2 aromatic carbocycles. The van der Waals surface area contributed by atoms with Crippen molar-refractivity contribution in [1.29, 1.82) is 0 Å². The third kappa shape index (κ3) is 4.78. The van der Waals surface area contributed by atoms with Gasteiger partial charge < -0.3 is 14.9 Å². The molecule has 25 heavy (non-hydrogen) atoms. The minimum Gasteiger partial charge on any atom is -0.507 e. The van der Waals surface area contributed by atoms with E-state index < -0.39 is 17.5 Å². The van der Waals surface area contributed by atoms with E-state index in [1.54, 1.807) is 42.5 Å². The van der Waals surface area contributed by atoms with E-state index in [2.05, 4.69) is 0 Å². The van der Waals surface area contributed by atoms with Gasteiger partial charge in [0.05, 0.1) is 5.56 Å². The number of aliphatic hydroxyl groups is 1. The smallest absolute Gasteiger partial charge is 0.376 e. The average Bonchev–Trinajstić information content (AvgIpc) is 2.60. The lowest BCUT2D eigenvalue weighted by Gasteiger charge is -2.11. The molecule has 0 spiro atoms. The van der Waals surface area contributed by atoms with Crippen LogP contribution in [0.3, 0.4) is 0 Å². The number of Topliss-reactive ketones (excluding diaryl/α,β-unsaturated/α-hetero) is 1. The monoisotopic (exact) mass is 340 g/mol. The number of ketones is 2. The Morgan fingerprint density at radius 2 is 1.64 bits per heavy atom. The highest BCUT2D eigenvalue weighted by Gasteiger charge is 2.13. The summed E-state index contributed by atoms with van der Waals surface area (Å²) in [7, 11) is 0. The van der Waals surface area contributed by atoms with Crippen molar-refractivity contribution in [1.82, 2.24) is 0 Å². The lowest BCUT2D eigenvalue weighted by atomic mass is 10.1. The Morgan fingerprint density at radius 3 is 2.24 bits per heavy atom. The first-order valence-corrected chi connectivity index (χ1v) is 7.38. The topological polar surface area (TPSA) is 101 Å². The van der Waals surface area contributed by atoms with Crippen LogP contribution in [0.4, 0.5) is 0 Å². The van der Waals surface area contributed by atoms with Crippen LogP contribution in [0.25, 0.3) is 5.76 Å². The van der Waals surface area contributed by atoms with Crippen LogP contribution < -0.4 is 4.74 Å². The van der Waals surface area contributed by atoms with Crippen molar-refractivity contribution >= 4 is 23.3 Å². The number of carboxylic acid groups (broad SMARTS) is 1. The van der Waals surface area contributed by atoms with E-state index in [0.717, 1.165) is 5.56 Å². The van der Waals surface area contributed by atoms with Crippen molar-refractivity contribution in [2.45, 2.75) is 13.5 Å². The van der Waals surface area contributed by atoms with Crippen molar-refractivity contribution in [2.75, 3.05) is 0 Å². The van der Waals surface area contributed by atoms with E-state index in [1.165, 1.54) is 13.0 Å². The maximum Gasteiger partial charge on any atom is 0.376 e. The Bertz CT molecular complexity index is 833. The minimum absolute atomic E-state index is 0.0315. The normalized spacial score (nSPS) is 11.0. The second kappa shape index (κ2) is 7.92. The van der Waals surface area contributed by atoms with Crippen molar-refractivity contribution in [2.24, 2.45) is 0 Å². The molecule has 0 aliphatic carbocycles. The van der Waals surface area contributed by atoms with E-state index in [0.29, 0.717) is 17.4 Å². The molecule has 0 bridgehead atoms. The molecule has 2 aromatic rings. The molecule has 6 heteroatoms. The van der Waals surface area contributed by atoms with Gasteiger partial charge in [0.25, 0.3) is 5.78 Å². The summed E-state index contributed by atoms with van der Waals surface area (Å²) in [4.78, 5) is 33.0. The van der Waals surface area contributed by atoms with E-state index >= 15 is 0 Å². The predicted molar refractivity (Wildman–Crippen MR) is 90.5 cm³/mol. The highest BCUT2D eigenvalue weighted by atomic mass is 16.5. The number of hydrogen-bond acceptors (Lipinski definition) is 5. The van der Waals surface area contributed by atoms with E-state index in [1.807, 2.05) is 0 Å². The summed E-state index contributed by atoms with van der Waals surface area (Å²) in [6.07, 6.45) is 0.631. The summed E-state index contributed by atoms with van der Waals surface area (Å²) < 4.78 is 5.64. The molecule has 0 amide bonds. The lowest BCUT2D eigenvalue weighted by molar-refractivity contribution is -0.146. The Hall–Kier alpha value is -3.41. The summed E-state index contributed by atoms with van der Waals surface area (Å²) in [5, 5.41) is 18.6. The van der Waals surface area contributed by atoms with Crippen LogP contribution in [0.5, 0.6) is 5.75 Å². The van der Waals surface area contributed by atoms with E-state index in [4.69, 9.17) is 9.84 Å². The van der Waals surface area contributed by atoms with Gasteiger partial charge in [0.1, 0.15) is 18.1 Å². The van der Waals surface area contributed by atoms with Gasteiger partial charge >= 0.3 is 5.97 Å². The van der Waals surface area contributed by atoms with Gasteiger partial charge in [-0.1, -0.05) is 36.4 Å². The van der Waals surface area contributed by atoms with Crippen LogP contribution >= 0.6 is 0 Å². The standard InChI is InChI=1S/C19H16O6/c1-12(20)14-8-6-13(7-9-14)11-25-18-5-3-2-4-15(18)16(21)10-17(22)19(23)24/h2-10,21H,11H2,1H3,(H,23,24). The van der Waals surface area contributed by atoms with Gasteiger partial charge in [0.15, 0.2) is 5.78 Å². The van der Waals surface area contributed by atoms with Gasteiger partial charge in [-0.05, 0) is 24.6 Å². The third-order valence-electron chi connectivity index (χ3n) is 3.40. The summed E-state index contributed by atoms with van der Waals surface area (Å²) in [5.74, 6) is -3.11. The maximum absolute atomic E-state index is 11.3. The number of carbonyl (C=O) groups excluding carboxylic acids is 2. The van der Waals surface area contributed by atoms with Crippen molar-refractivity contribution in [3.63, 3.8) is 0 Å². The van der Waals surface area contributed by atoms with Crippen LogP contribution in [-0.4, -0.2) is 27.7 Å². The fourth-order valence-electron chi connectivity index (χ4n) is 2.06. The Kier molecular flexibility index (Phi) is 5.68. The molecule has 6 nitrogen and oxygen atoms in total. The molecular formula is C19H16O6. The maximum atomic E-state index is 11.3. The van der Waals surface area contributed by atoms with E-state index in [9.17, 15) is 19.5 Å². The number of para-hydroxylation sites is 1. The molecule has 0 radical (unpaired) electrons. The van der Waals surface area contributed by atoms with Gasteiger partial charge in [-0.2, -0.15) is 0 Å². The molecule has 0 fully saturated rings. The van der Waals surface area contributed by atoms with Crippen LogP contribution in [0.15, 0.2) is 54.6 Å². The number of hydrogen-bond donors (Lipinski definition) is 2. The SMILES string of the molecule is CC(=O)c1ccc(COc2ccccc2C(O)=CC(=O)C(=O)O)cc1. The second-order valence-corrected chi connectivity index (χ2v) is 5.24. The predicted octanol–water partition coefficient (Wildman–Crippen LogP) is 3.02. The third-order valence-corrected chi connectivity index (χ3v) is 3.40. The summed E-state index contributed by atoms with van der Waals surface area (Å²) >= 11 is 0. The number of aliphatic carboxylic acids is 1. The average molecular weight is 340 g/mol. The number of aliphatic hydroxyl groups excluding tert-OH is 1. The summed E-state index contributed by atoms with van der Waals surface area (Å²) in [6.45, 7) is 1.66. The molecular weight excluding hydrogens is 324 g/mol. The molecule has 0 aliphatic rings. The van der Waals surface area contributed by atoms with Crippen LogP contribution in [0.2, 0.25) is 0 Å². The van der Waals surface area contributed by atoms with Gasteiger partial charge in [0, 0.05) is 11.6 Å². The lowest BCUT2D eigenvalue weighted by Crippen LogP contribution is -2.09. The molecule has 0 aliphatic heterocycles. The molecule has 0 atom stereocenters. The van der Waals surface area contributed by atoms with Crippen LogP contribution in [0.1, 0.15) is 28.4 Å². The minimum atomic E-state index is -1.66. The largest absolute Gasteiger partial charge is 0.507 e. The number of rotatable bonds is 7. The summed E-state index contributed by atoms with van der Waals surface area (Å²) in [6, 6.07) is 13.3. The highest BCUT2D eigenvalue weighted by Crippen LogP contribution is 2.25. The van der Waals surface area contributed by atoms with Gasteiger partial charge in [-0.15, -0.1) is 0 Å². The van der Waals surface area contributed by atoms with Crippen molar-refractivity contribution in [3.05, 3.63) is 71.3 Å². The molecule has 0 saturated heterocycles. The van der Waals surface area contributed by atoms with Crippen molar-refractivity contribution < 1.29 is 29.3 Å². The fourth-order valence-corrected chi connectivity index (χ4v) is 2.06. The molecule has 128 valence electrons. The van der Waals surface area contributed by atoms with Gasteiger partial charge in [0.2, 0.25) is 0 Å². The fraction of sp³-hybridized carbons (Fsp3) is 0.105. The molecule has 0 aromatic heterocycles. The van der Waals surface area contributed by atoms with Crippen molar-refractivity contribution in [3.8, 4) is 5.75 Å². The Balaban J connectivity index is 2.16.